The maximum absolute atomic E-state index is 12.3. The fraction of sp³-hybridized carbons (Fsp3) is 0.238. The average molecular weight is 331 g/mol. The molecule has 1 N–H and O–H groups in total. The molecule has 0 aliphatic carbocycles. The van der Waals surface area contributed by atoms with Gasteiger partial charge in [-0.2, -0.15) is 0 Å². The number of fused-ring (bicyclic) bond motifs is 1. The molecule has 0 bridgehead atoms. The van der Waals surface area contributed by atoms with Crippen molar-refractivity contribution in [3.63, 3.8) is 0 Å². The van der Waals surface area contributed by atoms with Crippen LogP contribution in [0, 0.1) is 6.92 Å². The smallest absolute Gasteiger partial charge is 0.255 e. The van der Waals surface area contributed by atoms with Crippen molar-refractivity contribution in [2.24, 2.45) is 0 Å². The number of nitrogens with one attached hydrogen (secondary N) is 1. The maximum Gasteiger partial charge on any atom is 0.255 e. The monoisotopic (exact) mass is 331 g/mol. The molecule has 4 nitrogen and oxygen atoms in total. The Morgan fingerprint density at radius 2 is 1.80 bits per heavy atom. The summed E-state index contributed by atoms with van der Waals surface area (Å²) in [4.78, 5) is 19.5. The highest BCUT2D eigenvalue weighted by molar-refractivity contribution is 6.05. The van der Waals surface area contributed by atoms with Gasteiger partial charge in [0.15, 0.2) is 0 Å². The summed E-state index contributed by atoms with van der Waals surface area (Å²) in [7, 11) is 0. The van der Waals surface area contributed by atoms with Gasteiger partial charge in [0.25, 0.3) is 5.91 Å². The molecule has 2 heterocycles. The lowest BCUT2D eigenvalue weighted by atomic mass is 10.1. The standard InChI is InChI=1S/C21H21N3O/c1-15-13-20(24-11-5-6-12-24)23-19-10-9-17(14-18(15)19)22-21(25)16-7-3-2-4-8-16/h2-4,7-10,13-14H,5-6,11-12H2,1H3,(H,22,25). The molecule has 1 fully saturated rings. The molecule has 4 rings (SSSR count). The van der Waals surface area contributed by atoms with Gasteiger partial charge in [-0.25, -0.2) is 4.98 Å². The molecule has 2 aromatic carbocycles. The third kappa shape index (κ3) is 3.20. The molecule has 126 valence electrons. The number of carbonyl (C=O) groups is 1. The lowest BCUT2D eigenvalue weighted by Crippen LogP contribution is -2.19. The molecular formula is C21H21N3O. The van der Waals surface area contributed by atoms with Crippen molar-refractivity contribution in [1.29, 1.82) is 0 Å². The van der Waals surface area contributed by atoms with Gasteiger partial charge < -0.3 is 10.2 Å². The largest absolute Gasteiger partial charge is 0.357 e. The summed E-state index contributed by atoms with van der Waals surface area (Å²) < 4.78 is 0. The van der Waals surface area contributed by atoms with E-state index < -0.39 is 0 Å². The van der Waals surface area contributed by atoms with Gasteiger partial charge in [0.1, 0.15) is 5.82 Å². The predicted molar refractivity (Wildman–Crippen MR) is 102 cm³/mol. The third-order valence-electron chi connectivity index (χ3n) is 4.73. The molecule has 25 heavy (non-hydrogen) atoms. The molecule has 3 aromatic rings. The number of aryl methyl sites for hydroxylation is 1. The van der Waals surface area contributed by atoms with Gasteiger partial charge in [-0.15, -0.1) is 0 Å². The summed E-state index contributed by atoms with van der Waals surface area (Å²) in [5.41, 5.74) is 3.60. The number of benzene rings is 2. The van der Waals surface area contributed by atoms with Crippen LogP contribution >= 0.6 is 0 Å². The predicted octanol–water partition coefficient (Wildman–Crippen LogP) is 4.40. The van der Waals surface area contributed by atoms with E-state index in [1.807, 2.05) is 48.5 Å². The first-order valence-corrected chi connectivity index (χ1v) is 8.73. The van der Waals surface area contributed by atoms with Crippen LogP contribution in [0.15, 0.2) is 54.6 Å². The van der Waals surface area contributed by atoms with Gasteiger partial charge in [0, 0.05) is 29.7 Å². The number of hydrogen-bond acceptors (Lipinski definition) is 3. The molecule has 1 saturated heterocycles. The number of carbonyl (C=O) groups excluding carboxylic acids is 1. The number of aromatic nitrogens is 1. The van der Waals surface area contributed by atoms with Gasteiger partial charge in [0.05, 0.1) is 5.52 Å². The Morgan fingerprint density at radius 3 is 2.56 bits per heavy atom. The fourth-order valence-electron chi connectivity index (χ4n) is 3.36. The fourth-order valence-corrected chi connectivity index (χ4v) is 3.36. The van der Waals surface area contributed by atoms with Crippen molar-refractivity contribution in [2.75, 3.05) is 23.3 Å². The van der Waals surface area contributed by atoms with E-state index >= 15 is 0 Å². The van der Waals surface area contributed by atoms with Crippen LogP contribution in [0.3, 0.4) is 0 Å². The Hall–Kier alpha value is -2.88. The molecule has 1 amide bonds. The van der Waals surface area contributed by atoms with Crippen LogP contribution in [0.4, 0.5) is 11.5 Å². The van der Waals surface area contributed by atoms with E-state index in [1.54, 1.807) is 0 Å². The summed E-state index contributed by atoms with van der Waals surface area (Å²) >= 11 is 0. The van der Waals surface area contributed by atoms with E-state index in [1.165, 1.54) is 18.4 Å². The normalized spacial score (nSPS) is 14.0. The minimum absolute atomic E-state index is 0.0979. The molecule has 0 atom stereocenters. The molecule has 1 aromatic heterocycles. The molecule has 1 aliphatic heterocycles. The quantitative estimate of drug-likeness (QED) is 0.774. The number of rotatable bonds is 3. The Kier molecular flexibility index (Phi) is 4.10. The van der Waals surface area contributed by atoms with Crippen LogP contribution in [0.5, 0.6) is 0 Å². The average Bonchev–Trinajstić information content (AvgIpc) is 3.17. The lowest BCUT2D eigenvalue weighted by molar-refractivity contribution is 0.102. The number of amides is 1. The SMILES string of the molecule is Cc1cc(N2CCCC2)nc2ccc(NC(=O)c3ccccc3)cc12. The van der Waals surface area contributed by atoms with E-state index in [9.17, 15) is 4.79 Å². The van der Waals surface area contributed by atoms with Crippen molar-refractivity contribution in [2.45, 2.75) is 19.8 Å². The topological polar surface area (TPSA) is 45.2 Å². The van der Waals surface area contributed by atoms with Crippen molar-refractivity contribution in [3.05, 3.63) is 65.7 Å². The summed E-state index contributed by atoms with van der Waals surface area (Å²) in [6.07, 6.45) is 2.48. The van der Waals surface area contributed by atoms with E-state index in [-0.39, 0.29) is 5.91 Å². The minimum Gasteiger partial charge on any atom is -0.357 e. The zero-order valence-electron chi connectivity index (χ0n) is 14.3. The first-order chi connectivity index (χ1) is 12.2. The second-order valence-corrected chi connectivity index (χ2v) is 6.54. The van der Waals surface area contributed by atoms with Crippen molar-refractivity contribution < 1.29 is 4.79 Å². The Morgan fingerprint density at radius 1 is 1.04 bits per heavy atom. The van der Waals surface area contributed by atoms with Gasteiger partial charge >= 0.3 is 0 Å². The zero-order valence-corrected chi connectivity index (χ0v) is 14.3. The summed E-state index contributed by atoms with van der Waals surface area (Å²) in [6, 6.07) is 17.3. The molecule has 0 saturated carbocycles. The summed E-state index contributed by atoms with van der Waals surface area (Å²) in [5, 5.41) is 4.05. The van der Waals surface area contributed by atoms with Gasteiger partial charge in [-0.05, 0) is 61.7 Å². The number of pyridine rings is 1. The van der Waals surface area contributed by atoms with Crippen LogP contribution in [-0.4, -0.2) is 24.0 Å². The summed E-state index contributed by atoms with van der Waals surface area (Å²) in [5.74, 6) is 0.961. The van der Waals surface area contributed by atoms with E-state index in [0.29, 0.717) is 5.56 Å². The molecule has 0 spiro atoms. The molecule has 0 unspecified atom stereocenters. The van der Waals surface area contributed by atoms with Crippen LogP contribution in [-0.2, 0) is 0 Å². The van der Waals surface area contributed by atoms with Crippen molar-refractivity contribution in [1.82, 2.24) is 4.98 Å². The lowest BCUT2D eigenvalue weighted by Gasteiger charge is -2.18. The summed E-state index contributed by atoms with van der Waals surface area (Å²) in [6.45, 7) is 4.28. The van der Waals surface area contributed by atoms with Gasteiger partial charge in [-0.1, -0.05) is 18.2 Å². The highest BCUT2D eigenvalue weighted by Gasteiger charge is 2.15. The van der Waals surface area contributed by atoms with Crippen molar-refractivity contribution in [3.8, 4) is 0 Å². The van der Waals surface area contributed by atoms with Gasteiger partial charge in [0.2, 0.25) is 0 Å². The highest BCUT2D eigenvalue weighted by atomic mass is 16.1. The third-order valence-corrected chi connectivity index (χ3v) is 4.73. The Bertz CT molecular complexity index is 915. The zero-order chi connectivity index (χ0) is 17.2. The van der Waals surface area contributed by atoms with Crippen molar-refractivity contribution >= 4 is 28.3 Å². The Labute approximate surface area is 147 Å². The van der Waals surface area contributed by atoms with Crippen LogP contribution < -0.4 is 10.2 Å². The molecule has 4 heteroatoms. The first kappa shape index (κ1) is 15.6. The molecule has 1 aliphatic rings. The molecule has 0 radical (unpaired) electrons. The van der Waals surface area contributed by atoms with Crippen LogP contribution in [0.2, 0.25) is 0 Å². The van der Waals surface area contributed by atoms with E-state index in [2.05, 4.69) is 23.2 Å². The second-order valence-electron chi connectivity index (χ2n) is 6.54. The maximum atomic E-state index is 12.3. The van der Waals surface area contributed by atoms with Crippen LogP contribution in [0.1, 0.15) is 28.8 Å². The van der Waals surface area contributed by atoms with E-state index in [4.69, 9.17) is 4.98 Å². The number of anilines is 2. The number of hydrogen-bond donors (Lipinski definition) is 1. The van der Waals surface area contributed by atoms with E-state index in [0.717, 1.165) is 35.5 Å². The number of nitrogens with zero attached hydrogens (tertiary/aromatic N) is 2. The van der Waals surface area contributed by atoms with Gasteiger partial charge in [-0.3, -0.25) is 4.79 Å². The minimum atomic E-state index is -0.0979. The first-order valence-electron chi connectivity index (χ1n) is 8.73. The second kappa shape index (κ2) is 6.55. The van der Waals surface area contributed by atoms with Crippen LogP contribution in [0.25, 0.3) is 10.9 Å². The Balaban J connectivity index is 1.63. The highest BCUT2D eigenvalue weighted by Crippen LogP contribution is 2.27. The molecular weight excluding hydrogens is 310 g/mol.